The Bertz CT molecular complexity index is 409. The van der Waals surface area contributed by atoms with Crippen molar-refractivity contribution in [3.05, 3.63) is 42.5 Å². The number of hydrogen-bond acceptors (Lipinski definition) is 3. The standard InChI is InChI=1S/C14H16O4/c15-12(11-14(16)17)7-3-2-6-10-18-13-8-4-1-5-9-13/h1-2,4-6,8-9H,3,7,10-11H2,(H,16,17). The summed E-state index contributed by atoms with van der Waals surface area (Å²) in [6.45, 7) is 0.442. The fraction of sp³-hybridized carbons (Fsp3) is 0.286. The van der Waals surface area contributed by atoms with Gasteiger partial charge in [-0.05, 0) is 18.6 Å². The van der Waals surface area contributed by atoms with Gasteiger partial charge in [-0.3, -0.25) is 9.59 Å². The topological polar surface area (TPSA) is 63.6 Å². The maximum Gasteiger partial charge on any atom is 0.310 e. The maximum atomic E-state index is 11.1. The number of ether oxygens (including phenoxy) is 1. The summed E-state index contributed by atoms with van der Waals surface area (Å²) in [7, 11) is 0. The van der Waals surface area contributed by atoms with Crippen LogP contribution in [0.3, 0.4) is 0 Å². The van der Waals surface area contributed by atoms with Gasteiger partial charge in [0.05, 0.1) is 0 Å². The van der Waals surface area contributed by atoms with Crippen LogP contribution >= 0.6 is 0 Å². The average molecular weight is 248 g/mol. The summed E-state index contributed by atoms with van der Waals surface area (Å²) < 4.78 is 5.41. The van der Waals surface area contributed by atoms with E-state index in [1.54, 1.807) is 0 Å². The normalized spacial score (nSPS) is 10.4. The molecule has 0 aliphatic carbocycles. The third-order valence-electron chi connectivity index (χ3n) is 2.19. The summed E-state index contributed by atoms with van der Waals surface area (Å²) in [4.78, 5) is 21.3. The number of allylic oxidation sites excluding steroid dienone is 1. The van der Waals surface area contributed by atoms with E-state index in [0.717, 1.165) is 5.75 Å². The molecule has 0 radical (unpaired) electrons. The second-order valence-corrected chi connectivity index (χ2v) is 3.74. The van der Waals surface area contributed by atoms with Gasteiger partial charge in [0, 0.05) is 6.42 Å². The van der Waals surface area contributed by atoms with Crippen LogP contribution in [-0.2, 0) is 9.59 Å². The van der Waals surface area contributed by atoms with E-state index in [2.05, 4.69) is 0 Å². The van der Waals surface area contributed by atoms with Crippen LogP contribution in [0.5, 0.6) is 5.75 Å². The van der Waals surface area contributed by atoms with Crippen LogP contribution in [0.15, 0.2) is 42.5 Å². The van der Waals surface area contributed by atoms with Gasteiger partial charge < -0.3 is 9.84 Å². The molecule has 0 atom stereocenters. The van der Waals surface area contributed by atoms with Gasteiger partial charge in [0.15, 0.2) is 0 Å². The molecule has 0 saturated heterocycles. The van der Waals surface area contributed by atoms with Gasteiger partial charge in [0.2, 0.25) is 0 Å². The fourth-order valence-electron chi connectivity index (χ4n) is 1.35. The van der Waals surface area contributed by atoms with E-state index in [9.17, 15) is 9.59 Å². The molecule has 0 saturated carbocycles. The Labute approximate surface area is 106 Å². The number of para-hydroxylation sites is 1. The second kappa shape index (κ2) is 8.06. The summed E-state index contributed by atoms with van der Waals surface area (Å²) >= 11 is 0. The average Bonchev–Trinajstić information content (AvgIpc) is 2.34. The lowest BCUT2D eigenvalue weighted by Gasteiger charge is -2.01. The molecule has 96 valence electrons. The van der Waals surface area contributed by atoms with E-state index in [1.165, 1.54) is 0 Å². The van der Waals surface area contributed by atoms with Crippen LogP contribution in [0.2, 0.25) is 0 Å². The molecular formula is C14H16O4. The molecule has 0 aromatic heterocycles. The fourth-order valence-corrected chi connectivity index (χ4v) is 1.35. The first-order valence-electron chi connectivity index (χ1n) is 5.75. The minimum Gasteiger partial charge on any atom is -0.490 e. The zero-order valence-electron chi connectivity index (χ0n) is 10.0. The van der Waals surface area contributed by atoms with Crippen molar-refractivity contribution in [1.29, 1.82) is 0 Å². The third-order valence-corrected chi connectivity index (χ3v) is 2.19. The number of hydrogen-bond donors (Lipinski definition) is 1. The Balaban J connectivity index is 2.11. The highest BCUT2D eigenvalue weighted by Gasteiger charge is 2.05. The van der Waals surface area contributed by atoms with Crippen molar-refractivity contribution in [1.82, 2.24) is 0 Å². The van der Waals surface area contributed by atoms with Crippen molar-refractivity contribution in [2.45, 2.75) is 19.3 Å². The first-order chi connectivity index (χ1) is 8.68. The zero-order valence-corrected chi connectivity index (χ0v) is 10.0. The summed E-state index contributed by atoms with van der Waals surface area (Å²) in [6.07, 6.45) is 4.05. The molecule has 1 rings (SSSR count). The number of carbonyl (C=O) groups is 2. The quantitative estimate of drug-likeness (QED) is 0.567. The van der Waals surface area contributed by atoms with E-state index in [0.29, 0.717) is 13.0 Å². The number of carbonyl (C=O) groups excluding carboxylic acids is 1. The number of ketones is 1. The predicted octanol–water partition coefficient (Wildman–Crippen LogP) is 2.45. The highest BCUT2D eigenvalue weighted by molar-refractivity contribution is 5.94. The molecule has 1 N–H and O–H groups in total. The van der Waals surface area contributed by atoms with E-state index < -0.39 is 12.4 Å². The molecule has 0 amide bonds. The Morgan fingerprint density at radius 1 is 1.17 bits per heavy atom. The molecule has 1 aromatic carbocycles. The number of rotatable bonds is 8. The summed E-state index contributed by atoms with van der Waals surface area (Å²) in [6, 6.07) is 9.43. The van der Waals surface area contributed by atoms with Gasteiger partial charge in [-0.15, -0.1) is 0 Å². The summed E-state index contributed by atoms with van der Waals surface area (Å²) in [5.41, 5.74) is 0. The van der Waals surface area contributed by atoms with Crippen LogP contribution in [-0.4, -0.2) is 23.5 Å². The number of carboxylic acid groups (broad SMARTS) is 1. The number of carboxylic acids is 1. The molecule has 0 fully saturated rings. The molecular weight excluding hydrogens is 232 g/mol. The molecule has 4 heteroatoms. The van der Waals surface area contributed by atoms with Gasteiger partial charge in [-0.2, -0.15) is 0 Å². The molecule has 0 bridgehead atoms. The highest BCUT2D eigenvalue weighted by Crippen LogP contribution is 2.07. The Morgan fingerprint density at radius 3 is 2.56 bits per heavy atom. The second-order valence-electron chi connectivity index (χ2n) is 3.74. The van der Waals surface area contributed by atoms with Gasteiger partial charge in [0.1, 0.15) is 24.6 Å². The zero-order chi connectivity index (χ0) is 13.2. The van der Waals surface area contributed by atoms with Gasteiger partial charge >= 0.3 is 5.97 Å². The van der Waals surface area contributed by atoms with Crippen LogP contribution < -0.4 is 4.74 Å². The molecule has 0 heterocycles. The van der Waals surface area contributed by atoms with E-state index >= 15 is 0 Å². The van der Waals surface area contributed by atoms with Crippen molar-refractivity contribution < 1.29 is 19.4 Å². The molecule has 1 aromatic rings. The predicted molar refractivity (Wildman–Crippen MR) is 67.6 cm³/mol. The third kappa shape index (κ3) is 6.48. The molecule has 0 aliphatic rings. The van der Waals surface area contributed by atoms with E-state index in [-0.39, 0.29) is 12.2 Å². The first kappa shape index (κ1) is 14.0. The molecule has 0 unspecified atom stereocenters. The van der Waals surface area contributed by atoms with Gasteiger partial charge in [-0.25, -0.2) is 0 Å². The number of Topliss-reactive ketones (excluding diaryl/α,β-unsaturated/α-hetero) is 1. The minimum atomic E-state index is -1.07. The van der Waals surface area contributed by atoms with Crippen molar-refractivity contribution in [3.63, 3.8) is 0 Å². The van der Waals surface area contributed by atoms with Gasteiger partial charge in [-0.1, -0.05) is 30.4 Å². The van der Waals surface area contributed by atoms with E-state index in [4.69, 9.17) is 9.84 Å². The molecule has 4 nitrogen and oxygen atoms in total. The maximum absolute atomic E-state index is 11.1. The lowest BCUT2D eigenvalue weighted by atomic mass is 10.1. The van der Waals surface area contributed by atoms with Gasteiger partial charge in [0.25, 0.3) is 0 Å². The molecule has 0 spiro atoms. The lowest BCUT2D eigenvalue weighted by Crippen LogP contribution is -2.05. The van der Waals surface area contributed by atoms with Crippen molar-refractivity contribution in [2.75, 3.05) is 6.61 Å². The van der Waals surface area contributed by atoms with Crippen molar-refractivity contribution in [2.24, 2.45) is 0 Å². The first-order valence-corrected chi connectivity index (χ1v) is 5.75. The van der Waals surface area contributed by atoms with Crippen LogP contribution in [0.25, 0.3) is 0 Å². The smallest absolute Gasteiger partial charge is 0.310 e. The molecule has 0 aliphatic heterocycles. The highest BCUT2D eigenvalue weighted by atomic mass is 16.5. The number of aliphatic carboxylic acids is 1. The Kier molecular flexibility index (Phi) is 6.25. The van der Waals surface area contributed by atoms with Crippen LogP contribution in [0.4, 0.5) is 0 Å². The lowest BCUT2D eigenvalue weighted by molar-refractivity contribution is -0.140. The monoisotopic (exact) mass is 248 g/mol. The number of benzene rings is 1. The summed E-state index contributed by atoms with van der Waals surface area (Å²) in [5.74, 6) is -0.531. The minimum absolute atomic E-state index is 0.254. The molecule has 18 heavy (non-hydrogen) atoms. The van der Waals surface area contributed by atoms with Crippen molar-refractivity contribution >= 4 is 11.8 Å². The van der Waals surface area contributed by atoms with E-state index in [1.807, 2.05) is 42.5 Å². The Morgan fingerprint density at radius 2 is 1.89 bits per heavy atom. The Hall–Kier alpha value is -2.10. The summed E-state index contributed by atoms with van der Waals surface area (Å²) in [5, 5.41) is 8.39. The van der Waals surface area contributed by atoms with Crippen LogP contribution in [0.1, 0.15) is 19.3 Å². The SMILES string of the molecule is O=C(O)CC(=O)CCC=CCOc1ccccc1. The largest absolute Gasteiger partial charge is 0.490 e. The van der Waals surface area contributed by atoms with Crippen molar-refractivity contribution in [3.8, 4) is 5.75 Å². The van der Waals surface area contributed by atoms with Crippen LogP contribution in [0, 0.1) is 0 Å².